The van der Waals surface area contributed by atoms with Gasteiger partial charge in [0.25, 0.3) is 0 Å². The summed E-state index contributed by atoms with van der Waals surface area (Å²) in [5.41, 5.74) is 4.03. The van der Waals surface area contributed by atoms with Crippen LogP contribution in [0.2, 0.25) is 0 Å². The molecular formula is C5H12N2O4. The van der Waals surface area contributed by atoms with Crippen molar-refractivity contribution in [1.82, 2.24) is 5.32 Å². The van der Waals surface area contributed by atoms with Crippen LogP contribution in [0.4, 0.5) is 9.59 Å². The van der Waals surface area contributed by atoms with E-state index in [1.54, 1.807) is 0 Å². The fraction of sp³-hybridized carbons (Fsp3) is 0.600. The van der Waals surface area contributed by atoms with E-state index in [1.165, 1.54) is 0 Å². The number of rotatable bonds is 2. The second-order valence-corrected chi connectivity index (χ2v) is 1.57. The van der Waals surface area contributed by atoms with Crippen LogP contribution in [0.15, 0.2) is 0 Å². The average molecular weight is 164 g/mol. The van der Waals surface area contributed by atoms with E-state index >= 15 is 0 Å². The molecule has 0 unspecified atom stereocenters. The summed E-state index contributed by atoms with van der Waals surface area (Å²) in [7, 11) is 0. The summed E-state index contributed by atoms with van der Waals surface area (Å²) in [4.78, 5) is 18.4. The molecule has 0 aliphatic carbocycles. The molecule has 0 bridgehead atoms. The summed E-state index contributed by atoms with van der Waals surface area (Å²) in [5, 5.41) is 17.3. The molecule has 0 aromatic heterocycles. The quantitative estimate of drug-likeness (QED) is 0.469. The lowest BCUT2D eigenvalue weighted by Gasteiger charge is -1.91. The van der Waals surface area contributed by atoms with Crippen molar-refractivity contribution in [3.8, 4) is 0 Å². The Labute approximate surface area is 64.0 Å². The number of nitrogens with one attached hydrogen (secondary N) is 1. The van der Waals surface area contributed by atoms with Crippen molar-refractivity contribution in [1.29, 1.82) is 0 Å². The third-order valence-corrected chi connectivity index (χ3v) is 0.526. The molecule has 2 amide bonds. The van der Waals surface area contributed by atoms with E-state index in [4.69, 9.17) is 15.0 Å². The molecule has 6 nitrogen and oxygen atoms in total. The summed E-state index contributed by atoms with van der Waals surface area (Å²) in [6.07, 6.45) is -1.42. The van der Waals surface area contributed by atoms with Crippen molar-refractivity contribution in [2.75, 3.05) is 6.54 Å². The highest BCUT2D eigenvalue weighted by Gasteiger charge is 1.86. The van der Waals surface area contributed by atoms with Gasteiger partial charge in [0, 0.05) is 6.54 Å². The Morgan fingerprint density at radius 3 is 1.91 bits per heavy atom. The number of carbonyl (C=O) groups is 2. The molecule has 6 heteroatoms. The highest BCUT2D eigenvalue weighted by Crippen LogP contribution is 1.67. The molecule has 0 aromatic rings. The first-order chi connectivity index (χ1) is 5.00. The van der Waals surface area contributed by atoms with Crippen molar-refractivity contribution in [3.05, 3.63) is 0 Å². The topological polar surface area (TPSA) is 113 Å². The van der Waals surface area contributed by atoms with E-state index in [0.717, 1.165) is 6.42 Å². The Hall–Kier alpha value is -1.46. The van der Waals surface area contributed by atoms with Crippen LogP contribution in [0, 0.1) is 0 Å². The zero-order valence-electron chi connectivity index (χ0n) is 6.20. The molecule has 0 fully saturated rings. The second-order valence-electron chi connectivity index (χ2n) is 1.57. The van der Waals surface area contributed by atoms with Crippen LogP contribution in [0.3, 0.4) is 0 Å². The molecule has 0 saturated heterocycles. The van der Waals surface area contributed by atoms with Gasteiger partial charge in [0.05, 0.1) is 0 Å². The van der Waals surface area contributed by atoms with Crippen molar-refractivity contribution >= 4 is 12.2 Å². The van der Waals surface area contributed by atoms with Gasteiger partial charge in [0.1, 0.15) is 0 Å². The summed E-state index contributed by atoms with van der Waals surface area (Å²) in [5.74, 6) is 0. The van der Waals surface area contributed by atoms with Gasteiger partial charge < -0.3 is 21.3 Å². The van der Waals surface area contributed by atoms with Gasteiger partial charge >= 0.3 is 12.2 Å². The van der Waals surface area contributed by atoms with Crippen LogP contribution in [0.25, 0.3) is 0 Å². The Kier molecular flexibility index (Phi) is 9.50. The van der Waals surface area contributed by atoms with Gasteiger partial charge in [-0.25, -0.2) is 9.59 Å². The van der Waals surface area contributed by atoms with E-state index in [-0.39, 0.29) is 0 Å². The monoisotopic (exact) mass is 164 g/mol. The molecule has 0 heterocycles. The minimum Gasteiger partial charge on any atom is -0.465 e. The van der Waals surface area contributed by atoms with Crippen molar-refractivity contribution in [2.24, 2.45) is 5.73 Å². The standard InChI is InChI=1S/C4H9NO2.CH3NO2/c1-2-3-5-4(6)7;2-1(3)4/h5H,2-3H2,1H3,(H,6,7);2H2,(H,3,4). The number of primary amides is 1. The van der Waals surface area contributed by atoms with Gasteiger partial charge in [-0.15, -0.1) is 0 Å². The molecule has 5 N–H and O–H groups in total. The fourth-order valence-electron chi connectivity index (χ4n) is 0.232. The zero-order valence-corrected chi connectivity index (χ0v) is 6.20. The fourth-order valence-corrected chi connectivity index (χ4v) is 0.232. The van der Waals surface area contributed by atoms with Crippen LogP contribution in [0.5, 0.6) is 0 Å². The molecule has 0 spiro atoms. The van der Waals surface area contributed by atoms with Gasteiger partial charge in [-0.1, -0.05) is 6.92 Å². The molecule has 0 aromatic carbocycles. The minimum absolute atomic E-state index is 0.551. The summed E-state index contributed by atoms with van der Waals surface area (Å²) in [6.45, 7) is 2.46. The predicted octanol–water partition coefficient (Wildman–Crippen LogP) is 0.287. The molecule has 0 aliphatic rings. The van der Waals surface area contributed by atoms with Crippen LogP contribution < -0.4 is 11.1 Å². The first kappa shape index (κ1) is 12.2. The summed E-state index contributed by atoms with van der Waals surface area (Å²) >= 11 is 0. The Bertz CT molecular complexity index is 122. The third-order valence-electron chi connectivity index (χ3n) is 0.526. The molecule has 11 heavy (non-hydrogen) atoms. The van der Waals surface area contributed by atoms with Crippen LogP contribution >= 0.6 is 0 Å². The van der Waals surface area contributed by atoms with Gasteiger partial charge in [0.15, 0.2) is 0 Å². The summed E-state index contributed by atoms with van der Waals surface area (Å²) in [6, 6.07) is 0. The van der Waals surface area contributed by atoms with E-state index in [9.17, 15) is 4.79 Å². The summed E-state index contributed by atoms with van der Waals surface area (Å²) < 4.78 is 0. The normalized spacial score (nSPS) is 7.36. The Morgan fingerprint density at radius 1 is 1.45 bits per heavy atom. The third kappa shape index (κ3) is 56.6. The average Bonchev–Trinajstić information content (AvgIpc) is 1.82. The Morgan fingerprint density at radius 2 is 1.82 bits per heavy atom. The zero-order chi connectivity index (χ0) is 9.28. The second kappa shape index (κ2) is 8.54. The highest BCUT2D eigenvalue weighted by molar-refractivity contribution is 5.64. The number of nitrogens with two attached hydrogens (primary N) is 1. The lowest BCUT2D eigenvalue weighted by atomic mass is 10.5. The minimum atomic E-state index is -1.33. The number of carboxylic acid groups (broad SMARTS) is 2. The van der Waals surface area contributed by atoms with E-state index in [2.05, 4.69) is 11.1 Å². The maximum absolute atomic E-state index is 9.65. The molecule has 0 radical (unpaired) electrons. The van der Waals surface area contributed by atoms with Crippen LogP contribution in [0.1, 0.15) is 13.3 Å². The largest absolute Gasteiger partial charge is 0.465 e. The molecule has 0 atom stereocenters. The molecule has 0 rings (SSSR count). The smallest absolute Gasteiger partial charge is 0.404 e. The molecular weight excluding hydrogens is 152 g/mol. The van der Waals surface area contributed by atoms with E-state index in [0.29, 0.717) is 6.54 Å². The lowest BCUT2D eigenvalue weighted by Crippen LogP contribution is -2.20. The predicted molar refractivity (Wildman–Crippen MR) is 38.5 cm³/mol. The number of hydrogen-bond acceptors (Lipinski definition) is 2. The van der Waals surface area contributed by atoms with Crippen LogP contribution in [-0.2, 0) is 0 Å². The Balaban J connectivity index is 0. The lowest BCUT2D eigenvalue weighted by molar-refractivity contribution is 0.194. The van der Waals surface area contributed by atoms with E-state index in [1.807, 2.05) is 6.92 Å². The maximum Gasteiger partial charge on any atom is 0.404 e. The van der Waals surface area contributed by atoms with Crippen LogP contribution in [-0.4, -0.2) is 28.9 Å². The van der Waals surface area contributed by atoms with Gasteiger partial charge in [-0.3, -0.25) is 0 Å². The molecule has 0 aliphatic heterocycles. The van der Waals surface area contributed by atoms with E-state index < -0.39 is 12.2 Å². The highest BCUT2D eigenvalue weighted by atomic mass is 16.4. The van der Waals surface area contributed by atoms with Gasteiger partial charge in [-0.05, 0) is 6.42 Å². The molecule has 0 saturated carbocycles. The maximum atomic E-state index is 9.65. The SMILES string of the molecule is CCCNC(=O)O.NC(=O)O. The first-order valence-corrected chi connectivity index (χ1v) is 2.95. The first-order valence-electron chi connectivity index (χ1n) is 2.95. The number of hydrogen-bond donors (Lipinski definition) is 4. The van der Waals surface area contributed by atoms with Crippen molar-refractivity contribution < 1.29 is 19.8 Å². The van der Waals surface area contributed by atoms with Crippen molar-refractivity contribution in [2.45, 2.75) is 13.3 Å². The van der Waals surface area contributed by atoms with Crippen molar-refractivity contribution in [3.63, 3.8) is 0 Å². The molecule has 66 valence electrons. The van der Waals surface area contributed by atoms with Gasteiger partial charge in [-0.2, -0.15) is 0 Å². The van der Waals surface area contributed by atoms with Gasteiger partial charge in [0.2, 0.25) is 0 Å². The number of amides is 2.